The summed E-state index contributed by atoms with van der Waals surface area (Å²) >= 11 is 0. The van der Waals surface area contributed by atoms with Gasteiger partial charge in [-0.1, -0.05) is 13.8 Å². The Balaban J connectivity index is 2.91. The van der Waals surface area contributed by atoms with E-state index in [2.05, 4.69) is 13.8 Å². The minimum atomic E-state index is 0.272. The summed E-state index contributed by atoms with van der Waals surface area (Å²) in [6.07, 6.45) is 1.38. The molecule has 0 aromatic rings. The number of rotatable bonds is 6. The van der Waals surface area contributed by atoms with Crippen LogP contribution in [-0.4, -0.2) is 19.5 Å². The van der Waals surface area contributed by atoms with E-state index in [9.17, 15) is 0 Å². The van der Waals surface area contributed by atoms with E-state index in [1.54, 1.807) is 0 Å². The van der Waals surface area contributed by atoms with Crippen LogP contribution in [0.4, 0.5) is 0 Å². The van der Waals surface area contributed by atoms with E-state index < -0.39 is 0 Å². The van der Waals surface area contributed by atoms with Gasteiger partial charge in [-0.05, 0) is 26.2 Å². The van der Waals surface area contributed by atoms with Crippen LogP contribution >= 0.6 is 0 Å². The Morgan fingerprint density at radius 3 is 2.18 bits per heavy atom. The molecule has 0 aliphatic carbocycles. The second kappa shape index (κ2) is 6.62. The second-order valence-electron chi connectivity index (χ2n) is 3.42. The Morgan fingerprint density at radius 1 is 1.09 bits per heavy atom. The van der Waals surface area contributed by atoms with Crippen molar-refractivity contribution in [2.24, 2.45) is 5.92 Å². The lowest BCUT2D eigenvalue weighted by molar-refractivity contribution is -0.0803. The van der Waals surface area contributed by atoms with Crippen molar-refractivity contribution < 1.29 is 9.47 Å². The molecule has 0 fully saturated rings. The van der Waals surface area contributed by atoms with Crippen molar-refractivity contribution in [2.75, 3.05) is 13.4 Å². The zero-order valence-electron chi connectivity index (χ0n) is 8.09. The summed E-state index contributed by atoms with van der Waals surface area (Å²) in [6.45, 7) is 9.63. The monoisotopic (exact) mass is 160 g/mol. The quantitative estimate of drug-likeness (QED) is 0.439. The molecule has 11 heavy (non-hydrogen) atoms. The van der Waals surface area contributed by atoms with E-state index in [1.165, 1.54) is 0 Å². The maximum Gasteiger partial charge on any atom is 0.147 e. The van der Waals surface area contributed by atoms with Crippen LogP contribution in [0.5, 0.6) is 0 Å². The molecule has 0 aliphatic rings. The predicted molar refractivity (Wildman–Crippen MR) is 46.5 cm³/mol. The van der Waals surface area contributed by atoms with Crippen LogP contribution in [0.3, 0.4) is 0 Å². The maximum atomic E-state index is 5.23. The minimum Gasteiger partial charge on any atom is -0.355 e. The van der Waals surface area contributed by atoms with Gasteiger partial charge < -0.3 is 9.47 Å². The van der Waals surface area contributed by atoms with Crippen molar-refractivity contribution >= 4 is 0 Å². The van der Waals surface area contributed by atoms with Gasteiger partial charge in [-0.25, -0.2) is 0 Å². The van der Waals surface area contributed by atoms with Crippen LogP contribution in [-0.2, 0) is 9.47 Å². The first-order valence-corrected chi connectivity index (χ1v) is 4.32. The molecule has 0 radical (unpaired) electrons. The highest BCUT2D eigenvalue weighted by atomic mass is 16.7. The van der Waals surface area contributed by atoms with Crippen molar-refractivity contribution in [1.82, 2.24) is 0 Å². The first kappa shape index (κ1) is 10.9. The first-order chi connectivity index (χ1) is 5.13. The third kappa shape index (κ3) is 9.92. The van der Waals surface area contributed by atoms with Crippen molar-refractivity contribution in [3.8, 4) is 0 Å². The fourth-order valence-electron chi connectivity index (χ4n) is 0.562. The average Bonchev–Trinajstić information content (AvgIpc) is 1.85. The van der Waals surface area contributed by atoms with Gasteiger partial charge in [0.15, 0.2) is 0 Å². The molecule has 0 spiro atoms. The molecule has 0 amide bonds. The van der Waals surface area contributed by atoms with Crippen LogP contribution < -0.4 is 0 Å². The third-order valence-corrected chi connectivity index (χ3v) is 1.32. The molecule has 0 N–H and O–H groups in total. The summed E-state index contributed by atoms with van der Waals surface area (Å²) < 4.78 is 10.4. The van der Waals surface area contributed by atoms with E-state index in [0.717, 1.165) is 13.0 Å². The van der Waals surface area contributed by atoms with Gasteiger partial charge in [0, 0.05) is 6.61 Å². The van der Waals surface area contributed by atoms with Gasteiger partial charge in [0.2, 0.25) is 0 Å². The third-order valence-electron chi connectivity index (χ3n) is 1.32. The Kier molecular flexibility index (Phi) is 6.57. The minimum absolute atomic E-state index is 0.272. The van der Waals surface area contributed by atoms with Crippen LogP contribution in [0, 0.1) is 5.92 Å². The molecular weight excluding hydrogens is 140 g/mol. The fraction of sp³-hybridized carbons (Fsp3) is 1.00. The van der Waals surface area contributed by atoms with Gasteiger partial charge in [-0.15, -0.1) is 0 Å². The predicted octanol–water partition coefficient (Wildman–Crippen LogP) is 2.43. The van der Waals surface area contributed by atoms with Crippen LogP contribution in [0.25, 0.3) is 0 Å². The largest absolute Gasteiger partial charge is 0.355 e. The fourth-order valence-corrected chi connectivity index (χ4v) is 0.562. The zero-order valence-corrected chi connectivity index (χ0v) is 8.09. The molecule has 68 valence electrons. The summed E-state index contributed by atoms with van der Waals surface area (Å²) in [5.74, 6) is 0.717. The molecule has 2 nitrogen and oxygen atoms in total. The molecule has 0 aromatic heterocycles. The van der Waals surface area contributed by atoms with Gasteiger partial charge >= 0.3 is 0 Å². The van der Waals surface area contributed by atoms with Gasteiger partial charge in [0.05, 0.1) is 6.10 Å². The van der Waals surface area contributed by atoms with Gasteiger partial charge in [-0.2, -0.15) is 0 Å². The van der Waals surface area contributed by atoms with E-state index in [1.807, 2.05) is 13.8 Å². The van der Waals surface area contributed by atoms with Gasteiger partial charge in [0.25, 0.3) is 0 Å². The van der Waals surface area contributed by atoms with E-state index in [-0.39, 0.29) is 6.10 Å². The highest BCUT2D eigenvalue weighted by Gasteiger charge is 1.94. The summed E-state index contributed by atoms with van der Waals surface area (Å²) in [5.41, 5.74) is 0. The first-order valence-electron chi connectivity index (χ1n) is 4.32. The van der Waals surface area contributed by atoms with Gasteiger partial charge in [0.1, 0.15) is 6.79 Å². The molecule has 0 rings (SSSR count). The van der Waals surface area contributed by atoms with Crippen LogP contribution in [0.15, 0.2) is 0 Å². The standard InChI is InChI=1S/C9H20O2/c1-8(2)5-6-10-7-11-9(3)4/h8-9H,5-7H2,1-4H3. The molecule has 0 heterocycles. The molecule has 0 unspecified atom stereocenters. The lowest BCUT2D eigenvalue weighted by Gasteiger charge is -2.08. The Morgan fingerprint density at radius 2 is 1.73 bits per heavy atom. The smallest absolute Gasteiger partial charge is 0.147 e. The molecule has 0 aromatic carbocycles. The van der Waals surface area contributed by atoms with Gasteiger partial charge in [-0.3, -0.25) is 0 Å². The van der Waals surface area contributed by atoms with Crippen molar-refractivity contribution in [3.05, 3.63) is 0 Å². The molecule has 2 heteroatoms. The highest BCUT2D eigenvalue weighted by Crippen LogP contribution is 1.99. The zero-order chi connectivity index (χ0) is 8.69. The Hall–Kier alpha value is -0.0800. The average molecular weight is 160 g/mol. The highest BCUT2D eigenvalue weighted by molar-refractivity contribution is 4.41. The normalized spacial score (nSPS) is 11.5. The van der Waals surface area contributed by atoms with Crippen LogP contribution in [0.2, 0.25) is 0 Å². The molecule has 0 saturated heterocycles. The van der Waals surface area contributed by atoms with Crippen molar-refractivity contribution in [1.29, 1.82) is 0 Å². The summed E-state index contributed by atoms with van der Waals surface area (Å²) in [5, 5.41) is 0. The topological polar surface area (TPSA) is 18.5 Å². The Bertz CT molecular complexity index is 69.6. The maximum absolute atomic E-state index is 5.23. The van der Waals surface area contributed by atoms with Crippen LogP contribution in [0.1, 0.15) is 34.1 Å². The van der Waals surface area contributed by atoms with E-state index in [0.29, 0.717) is 12.7 Å². The summed E-state index contributed by atoms with van der Waals surface area (Å²) in [7, 11) is 0. The lowest BCUT2D eigenvalue weighted by atomic mass is 10.1. The SMILES string of the molecule is CC(C)CCOCOC(C)C. The number of ether oxygens (including phenoxy) is 2. The van der Waals surface area contributed by atoms with Crippen molar-refractivity contribution in [3.63, 3.8) is 0 Å². The molecule has 0 aliphatic heterocycles. The molecular formula is C9H20O2. The lowest BCUT2D eigenvalue weighted by Crippen LogP contribution is -2.08. The second-order valence-corrected chi connectivity index (χ2v) is 3.42. The molecule has 0 bridgehead atoms. The summed E-state index contributed by atoms with van der Waals surface area (Å²) in [4.78, 5) is 0. The van der Waals surface area contributed by atoms with Crippen molar-refractivity contribution in [2.45, 2.75) is 40.2 Å². The van der Waals surface area contributed by atoms with E-state index in [4.69, 9.17) is 9.47 Å². The summed E-state index contributed by atoms with van der Waals surface area (Å²) in [6, 6.07) is 0. The Labute approximate surface area is 69.9 Å². The molecule has 0 saturated carbocycles. The number of hydrogen-bond acceptors (Lipinski definition) is 2. The number of hydrogen-bond donors (Lipinski definition) is 0. The molecule has 0 atom stereocenters. The van der Waals surface area contributed by atoms with E-state index >= 15 is 0 Å².